The predicted octanol–water partition coefficient (Wildman–Crippen LogP) is 4.71. The van der Waals surface area contributed by atoms with Gasteiger partial charge in [-0.05, 0) is 25.1 Å². The number of rotatable bonds is 5. The van der Waals surface area contributed by atoms with E-state index < -0.39 is 24.3 Å². The quantitative estimate of drug-likeness (QED) is 0.625. The summed E-state index contributed by atoms with van der Waals surface area (Å²) in [6.45, 7) is 1.21. The highest BCUT2D eigenvalue weighted by Crippen LogP contribution is 2.28. The number of esters is 1. The van der Waals surface area contributed by atoms with E-state index in [-0.39, 0.29) is 10.7 Å². The highest BCUT2D eigenvalue weighted by molar-refractivity contribution is 7.17. The summed E-state index contributed by atoms with van der Waals surface area (Å²) in [6.07, 6.45) is 0. The Kier molecular flexibility index (Phi) is 5.83. The van der Waals surface area contributed by atoms with E-state index in [1.165, 1.54) is 23.5 Å². The van der Waals surface area contributed by atoms with E-state index in [1.54, 1.807) is 6.92 Å². The van der Waals surface area contributed by atoms with Crippen LogP contribution >= 0.6 is 22.9 Å². The molecule has 8 heteroatoms. The highest BCUT2D eigenvalue weighted by Gasteiger charge is 2.19. The minimum Gasteiger partial charge on any atom is -0.451 e. The zero-order chi connectivity index (χ0) is 19.4. The number of thiazole rings is 1. The lowest BCUT2D eigenvalue weighted by Gasteiger charge is -2.07. The molecule has 0 aliphatic carbocycles. The van der Waals surface area contributed by atoms with E-state index >= 15 is 0 Å². The van der Waals surface area contributed by atoms with Gasteiger partial charge in [-0.15, -0.1) is 11.3 Å². The van der Waals surface area contributed by atoms with Crippen LogP contribution in [0.15, 0.2) is 48.5 Å². The van der Waals surface area contributed by atoms with Crippen LogP contribution in [0.2, 0.25) is 5.02 Å². The van der Waals surface area contributed by atoms with Gasteiger partial charge in [-0.2, -0.15) is 0 Å². The number of ether oxygens (including phenoxy) is 1. The molecule has 1 N–H and O–H groups in total. The third-order valence-electron chi connectivity index (χ3n) is 3.54. The monoisotopic (exact) mass is 404 g/mol. The van der Waals surface area contributed by atoms with E-state index in [2.05, 4.69) is 10.3 Å². The molecule has 0 saturated carbocycles. The first-order chi connectivity index (χ1) is 12.9. The second-order valence-electron chi connectivity index (χ2n) is 5.55. The van der Waals surface area contributed by atoms with Crippen molar-refractivity contribution >= 4 is 40.5 Å². The molecule has 27 heavy (non-hydrogen) atoms. The second kappa shape index (κ2) is 8.28. The molecule has 1 heterocycles. The van der Waals surface area contributed by atoms with Crippen LogP contribution in [0.5, 0.6) is 0 Å². The van der Waals surface area contributed by atoms with E-state index in [0.29, 0.717) is 15.6 Å². The number of benzene rings is 2. The molecule has 0 fully saturated rings. The maximum absolute atomic E-state index is 13.0. The van der Waals surface area contributed by atoms with Gasteiger partial charge in [0.05, 0.1) is 16.4 Å². The van der Waals surface area contributed by atoms with Gasteiger partial charge in [0.15, 0.2) is 6.61 Å². The first-order valence-corrected chi connectivity index (χ1v) is 9.08. The van der Waals surface area contributed by atoms with Crippen molar-refractivity contribution in [3.05, 3.63) is 69.9 Å². The van der Waals surface area contributed by atoms with Crippen LogP contribution in [-0.2, 0) is 9.53 Å². The predicted molar refractivity (Wildman–Crippen MR) is 103 cm³/mol. The van der Waals surface area contributed by atoms with Gasteiger partial charge in [0, 0.05) is 5.56 Å². The Morgan fingerprint density at radius 2 is 1.96 bits per heavy atom. The number of aryl methyl sites for hydroxylation is 1. The number of anilines is 1. The molecule has 0 saturated heterocycles. The lowest BCUT2D eigenvalue weighted by Crippen LogP contribution is -2.21. The van der Waals surface area contributed by atoms with E-state index in [9.17, 15) is 14.0 Å². The fraction of sp³-hybridized carbons (Fsp3) is 0.105. The third-order valence-corrected chi connectivity index (χ3v) is 5.04. The van der Waals surface area contributed by atoms with Crippen molar-refractivity contribution in [3.8, 4) is 10.6 Å². The Morgan fingerprint density at radius 3 is 2.67 bits per heavy atom. The SMILES string of the molecule is Cc1nc(-c2ccccc2)sc1C(=O)OCC(=O)Nc1ccc(F)cc1Cl. The molecule has 0 aliphatic heterocycles. The first-order valence-electron chi connectivity index (χ1n) is 7.89. The molecule has 0 aliphatic rings. The number of hydrogen-bond acceptors (Lipinski definition) is 5. The van der Waals surface area contributed by atoms with Gasteiger partial charge in [0.25, 0.3) is 5.91 Å². The van der Waals surface area contributed by atoms with E-state index in [4.69, 9.17) is 16.3 Å². The zero-order valence-electron chi connectivity index (χ0n) is 14.2. The topological polar surface area (TPSA) is 68.3 Å². The fourth-order valence-electron chi connectivity index (χ4n) is 2.26. The Morgan fingerprint density at radius 1 is 1.22 bits per heavy atom. The summed E-state index contributed by atoms with van der Waals surface area (Å²) < 4.78 is 18.1. The Labute approximate surface area is 163 Å². The van der Waals surface area contributed by atoms with Crippen molar-refractivity contribution in [1.82, 2.24) is 4.98 Å². The van der Waals surface area contributed by atoms with Crippen LogP contribution in [0.1, 0.15) is 15.4 Å². The molecule has 3 aromatic rings. The summed E-state index contributed by atoms with van der Waals surface area (Å²) in [5.41, 5.74) is 1.67. The van der Waals surface area contributed by atoms with Crippen molar-refractivity contribution in [2.75, 3.05) is 11.9 Å². The number of aromatic nitrogens is 1. The van der Waals surface area contributed by atoms with Crippen molar-refractivity contribution in [3.63, 3.8) is 0 Å². The Bertz CT molecular complexity index is 992. The standard InChI is InChI=1S/C19H14ClFN2O3S/c1-11-17(27-18(22-11)12-5-3-2-4-6-12)19(25)26-10-16(24)23-15-8-7-13(21)9-14(15)20/h2-9H,10H2,1H3,(H,23,24). The molecule has 0 atom stereocenters. The number of carbonyl (C=O) groups excluding carboxylic acids is 2. The van der Waals surface area contributed by atoms with Gasteiger partial charge in [-0.3, -0.25) is 4.79 Å². The maximum Gasteiger partial charge on any atom is 0.350 e. The molecule has 0 unspecified atom stereocenters. The normalized spacial score (nSPS) is 10.5. The van der Waals surface area contributed by atoms with Gasteiger partial charge in [-0.1, -0.05) is 41.9 Å². The average molecular weight is 405 g/mol. The molecule has 138 valence electrons. The number of carbonyl (C=O) groups is 2. The summed E-state index contributed by atoms with van der Waals surface area (Å²) >= 11 is 7.05. The lowest BCUT2D eigenvalue weighted by molar-refractivity contribution is -0.119. The van der Waals surface area contributed by atoms with Gasteiger partial charge in [0.1, 0.15) is 15.7 Å². The highest BCUT2D eigenvalue weighted by atomic mass is 35.5. The number of nitrogens with one attached hydrogen (secondary N) is 1. The molecule has 0 spiro atoms. The van der Waals surface area contributed by atoms with Gasteiger partial charge < -0.3 is 10.1 Å². The molecule has 2 aromatic carbocycles. The smallest absolute Gasteiger partial charge is 0.350 e. The van der Waals surface area contributed by atoms with E-state index in [1.807, 2.05) is 30.3 Å². The lowest BCUT2D eigenvalue weighted by atomic mass is 10.2. The summed E-state index contributed by atoms with van der Waals surface area (Å²) in [5.74, 6) is -1.73. The van der Waals surface area contributed by atoms with Crippen LogP contribution in [0.3, 0.4) is 0 Å². The third kappa shape index (κ3) is 4.69. The van der Waals surface area contributed by atoms with Crippen LogP contribution in [0.4, 0.5) is 10.1 Å². The molecular formula is C19H14ClFN2O3S. The molecule has 1 aromatic heterocycles. The number of halogens is 2. The van der Waals surface area contributed by atoms with Gasteiger partial charge in [-0.25, -0.2) is 14.2 Å². The van der Waals surface area contributed by atoms with Crippen LogP contribution < -0.4 is 5.32 Å². The molecular weight excluding hydrogens is 391 g/mol. The maximum atomic E-state index is 13.0. The number of nitrogens with zero attached hydrogens (tertiary/aromatic N) is 1. The van der Waals surface area contributed by atoms with Crippen molar-refractivity contribution in [2.45, 2.75) is 6.92 Å². The van der Waals surface area contributed by atoms with Crippen molar-refractivity contribution < 1.29 is 18.7 Å². The van der Waals surface area contributed by atoms with Crippen LogP contribution in [0, 0.1) is 12.7 Å². The average Bonchev–Trinajstić information content (AvgIpc) is 3.05. The number of amides is 1. The molecule has 1 amide bonds. The fourth-order valence-corrected chi connectivity index (χ4v) is 3.44. The summed E-state index contributed by atoms with van der Waals surface area (Å²) in [7, 11) is 0. The Balaban J connectivity index is 1.62. The molecule has 0 bridgehead atoms. The molecule has 5 nitrogen and oxygen atoms in total. The van der Waals surface area contributed by atoms with E-state index in [0.717, 1.165) is 11.6 Å². The van der Waals surface area contributed by atoms with Gasteiger partial charge >= 0.3 is 5.97 Å². The molecule has 3 rings (SSSR count). The Hall–Kier alpha value is -2.77. The minimum atomic E-state index is -0.632. The number of hydrogen-bond donors (Lipinski definition) is 1. The van der Waals surface area contributed by atoms with Gasteiger partial charge in [0.2, 0.25) is 0 Å². The zero-order valence-corrected chi connectivity index (χ0v) is 15.7. The van der Waals surface area contributed by atoms with Crippen molar-refractivity contribution in [1.29, 1.82) is 0 Å². The summed E-state index contributed by atoms with van der Waals surface area (Å²) in [4.78, 5) is 28.9. The summed E-state index contributed by atoms with van der Waals surface area (Å²) in [5, 5.41) is 3.22. The molecule has 0 radical (unpaired) electrons. The van der Waals surface area contributed by atoms with Crippen LogP contribution in [-0.4, -0.2) is 23.5 Å². The summed E-state index contributed by atoms with van der Waals surface area (Å²) in [6, 6.07) is 13.0. The van der Waals surface area contributed by atoms with Crippen LogP contribution in [0.25, 0.3) is 10.6 Å². The minimum absolute atomic E-state index is 0.0560. The van der Waals surface area contributed by atoms with Crippen molar-refractivity contribution in [2.24, 2.45) is 0 Å². The second-order valence-corrected chi connectivity index (χ2v) is 6.95. The largest absolute Gasteiger partial charge is 0.451 e. The first kappa shape index (κ1) is 19.0.